The molecule has 0 aromatic rings. The van der Waals surface area contributed by atoms with Crippen molar-refractivity contribution >= 4 is 40.4 Å². The summed E-state index contributed by atoms with van der Waals surface area (Å²) in [6.45, 7) is 3.43. The van der Waals surface area contributed by atoms with Crippen LogP contribution in [0.3, 0.4) is 0 Å². The van der Waals surface area contributed by atoms with Gasteiger partial charge in [-0.2, -0.15) is 9.98 Å². The minimum atomic E-state index is -0.827. The molecule has 0 bridgehead atoms. The van der Waals surface area contributed by atoms with Gasteiger partial charge in [-0.05, 0) is 13.8 Å². The lowest BCUT2D eigenvalue weighted by atomic mass is 10.1. The Bertz CT molecular complexity index is 444. The molecule has 1 heterocycles. The molecule has 8 heteroatoms. The van der Waals surface area contributed by atoms with Crippen LogP contribution in [0.2, 0.25) is 0 Å². The number of nitrogens with two attached hydrogens (primary N) is 1. The Morgan fingerprint density at radius 3 is 2.67 bits per heavy atom. The predicted molar refractivity (Wildman–Crippen MR) is 67.7 cm³/mol. The minimum Gasteiger partial charge on any atom is -0.465 e. The van der Waals surface area contributed by atoms with Crippen molar-refractivity contribution in [2.75, 3.05) is 12.4 Å². The van der Waals surface area contributed by atoms with Gasteiger partial charge in [-0.25, -0.2) is 4.79 Å². The van der Waals surface area contributed by atoms with Gasteiger partial charge in [0.2, 0.25) is 5.91 Å². The van der Waals surface area contributed by atoms with Gasteiger partial charge in [-0.1, -0.05) is 11.8 Å². The molecule has 18 heavy (non-hydrogen) atoms. The molecule has 0 radical (unpaired) electrons. The first-order valence-electron chi connectivity index (χ1n) is 5.21. The van der Waals surface area contributed by atoms with Crippen LogP contribution >= 0.6 is 11.8 Å². The second kappa shape index (κ2) is 6.29. The fourth-order valence-corrected chi connectivity index (χ4v) is 2.20. The summed E-state index contributed by atoms with van der Waals surface area (Å²) in [5.41, 5.74) is 5.32. The first kappa shape index (κ1) is 14.4. The van der Waals surface area contributed by atoms with Gasteiger partial charge in [0.1, 0.15) is 5.92 Å². The third-order valence-corrected chi connectivity index (χ3v) is 3.08. The zero-order chi connectivity index (χ0) is 13.7. The maximum Gasteiger partial charge on any atom is 0.367 e. The van der Waals surface area contributed by atoms with E-state index in [4.69, 9.17) is 10.5 Å². The van der Waals surface area contributed by atoms with E-state index in [1.807, 2.05) is 0 Å². The van der Waals surface area contributed by atoms with Crippen LogP contribution in [-0.4, -0.2) is 41.0 Å². The maximum absolute atomic E-state index is 11.7. The van der Waals surface area contributed by atoms with Crippen LogP contribution in [0, 0.1) is 5.92 Å². The van der Waals surface area contributed by atoms with Gasteiger partial charge >= 0.3 is 12.0 Å². The molecular weight excluding hydrogens is 258 g/mol. The number of amides is 3. The monoisotopic (exact) mass is 271 g/mol. The fraction of sp³-hybridized carbons (Fsp3) is 0.500. The second-order valence-electron chi connectivity index (χ2n) is 3.43. The fourth-order valence-electron chi connectivity index (χ4n) is 1.34. The molecule has 7 nitrogen and oxygen atoms in total. The highest BCUT2D eigenvalue weighted by Crippen LogP contribution is 2.21. The van der Waals surface area contributed by atoms with Gasteiger partial charge in [0.15, 0.2) is 0 Å². The Hall–Kier alpha value is -1.70. The van der Waals surface area contributed by atoms with Crippen molar-refractivity contribution in [2.24, 2.45) is 21.6 Å². The highest BCUT2D eigenvalue weighted by atomic mass is 32.2. The van der Waals surface area contributed by atoms with E-state index < -0.39 is 23.8 Å². The minimum absolute atomic E-state index is 0.0602. The van der Waals surface area contributed by atoms with E-state index in [0.29, 0.717) is 5.71 Å². The Balaban J connectivity index is 2.90. The molecular formula is C10H13N3O4S. The Morgan fingerprint density at radius 1 is 1.44 bits per heavy atom. The van der Waals surface area contributed by atoms with Gasteiger partial charge in [-0.15, -0.1) is 0 Å². The standard InChI is InChI=1S/C10H13N3O4S/c1-3-17-9(15)7-5(2)12-10(16)13-8(7)18-4-6(11)14/h7H,3-4H2,1-2H3,(H2,11,14). The molecule has 0 saturated carbocycles. The average molecular weight is 271 g/mol. The lowest BCUT2D eigenvalue weighted by Crippen LogP contribution is -2.34. The number of urea groups is 1. The smallest absolute Gasteiger partial charge is 0.367 e. The molecule has 3 amide bonds. The van der Waals surface area contributed by atoms with Gasteiger partial charge in [0.25, 0.3) is 0 Å². The van der Waals surface area contributed by atoms with Crippen LogP contribution < -0.4 is 5.73 Å². The number of rotatable bonds is 4. The van der Waals surface area contributed by atoms with E-state index in [-0.39, 0.29) is 17.4 Å². The van der Waals surface area contributed by atoms with Gasteiger partial charge in [0.05, 0.1) is 17.4 Å². The van der Waals surface area contributed by atoms with Gasteiger partial charge < -0.3 is 10.5 Å². The Labute approximate surface area is 108 Å². The number of thioether (sulfide) groups is 1. The number of hydrogen-bond donors (Lipinski definition) is 1. The topological polar surface area (TPSA) is 111 Å². The molecule has 1 rings (SSSR count). The zero-order valence-electron chi connectivity index (χ0n) is 10.0. The molecule has 0 aromatic carbocycles. The average Bonchev–Trinajstić information content (AvgIpc) is 2.25. The highest BCUT2D eigenvalue weighted by molar-refractivity contribution is 8.14. The van der Waals surface area contributed by atoms with Crippen LogP contribution in [0.5, 0.6) is 0 Å². The third-order valence-electron chi connectivity index (χ3n) is 2.03. The zero-order valence-corrected chi connectivity index (χ0v) is 10.8. The highest BCUT2D eigenvalue weighted by Gasteiger charge is 2.33. The maximum atomic E-state index is 11.7. The van der Waals surface area contributed by atoms with Crippen LogP contribution in [-0.2, 0) is 14.3 Å². The number of aliphatic imine (C=N–C) groups is 2. The normalized spacial score (nSPS) is 19.0. The van der Waals surface area contributed by atoms with Crippen molar-refractivity contribution in [3.63, 3.8) is 0 Å². The summed E-state index contributed by atoms with van der Waals surface area (Å²) in [7, 11) is 0. The van der Waals surface area contributed by atoms with Crippen LogP contribution in [0.25, 0.3) is 0 Å². The Kier molecular flexibility index (Phi) is 5.02. The molecule has 1 aliphatic rings. The number of carbonyl (C=O) groups excluding carboxylic acids is 3. The lowest BCUT2D eigenvalue weighted by molar-refractivity contribution is -0.143. The molecule has 0 saturated heterocycles. The van der Waals surface area contributed by atoms with Crippen molar-refractivity contribution < 1.29 is 19.1 Å². The number of nitrogens with zero attached hydrogens (tertiary/aromatic N) is 2. The molecule has 0 aromatic heterocycles. The number of carbonyl (C=O) groups is 3. The number of hydrogen-bond acceptors (Lipinski definition) is 5. The molecule has 98 valence electrons. The number of ether oxygens (including phenoxy) is 1. The van der Waals surface area contributed by atoms with Crippen molar-refractivity contribution in [3.05, 3.63) is 0 Å². The van der Waals surface area contributed by atoms with E-state index in [1.165, 1.54) is 0 Å². The van der Waals surface area contributed by atoms with Crippen molar-refractivity contribution in [1.82, 2.24) is 0 Å². The summed E-state index contributed by atoms with van der Waals surface area (Å²) in [6.07, 6.45) is 0. The van der Waals surface area contributed by atoms with Gasteiger partial charge in [0, 0.05) is 5.71 Å². The van der Waals surface area contributed by atoms with E-state index in [0.717, 1.165) is 11.8 Å². The Morgan fingerprint density at radius 2 is 2.11 bits per heavy atom. The van der Waals surface area contributed by atoms with Crippen LogP contribution in [0.1, 0.15) is 13.8 Å². The summed E-state index contributed by atoms with van der Waals surface area (Å²) in [4.78, 5) is 40.9. The molecule has 1 atom stereocenters. The third kappa shape index (κ3) is 3.66. The van der Waals surface area contributed by atoms with Crippen molar-refractivity contribution in [2.45, 2.75) is 13.8 Å². The second-order valence-corrected chi connectivity index (χ2v) is 4.42. The molecule has 0 spiro atoms. The SMILES string of the molecule is CCOC(=O)C1C(C)=NC(=O)N=C1SCC(N)=O. The lowest BCUT2D eigenvalue weighted by Gasteiger charge is -2.19. The van der Waals surface area contributed by atoms with E-state index in [1.54, 1.807) is 13.8 Å². The molecule has 2 N–H and O–H groups in total. The summed E-state index contributed by atoms with van der Waals surface area (Å²) in [5, 5.41) is 0.199. The van der Waals surface area contributed by atoms with Gasteiger partial charge in [-0.3, -0.25) is 9.59 Å². The van der Waals surface area contributed by atoms with Crippen molar-refractivity contribution in [3.8, 4) is 0 Å². The summed E-state index contributed by atoms with van der Waals surface area (Å²) >= 11 is 0.948. The number of primary amides is 1. The summed E-state index contributed by atoms with van der Waals surface area (Å²) in [6, 6.07) is -0.694. The molecule has 1 aliphatic heterocycles. The molecule has 1 unspecified atom stereocenters. The van der Waals surface area contributed by atoms with Crippen LogP contribution in [0.15, 0.2) is 9.98 Å². The largest absolute Gasteiger partial charge is 0.465 e. The molecule has 0 fully saturated rings. The van der Waals surface area contributed by atoms with E-state index in [9.17, 15) is 14.4 Å². The number of esters is 1. The van der Waals surface area contributed by atoms with E-state index >= 15 is 0 Å². The first-order chi connectivity index (χ1) is 8.45. The summed E-state index contributed by atoms with van der Waals surface area (Å²) in [5.74, 6) is -1.98. The predicted octanol–water partition coefficient (Wildman–Crippen LogP) is 0.377. The van der Waals surface area contributed by atoms with Crippen LogP contribution in [0.4, 0.5) is 4.79 Å². The van der Waals surface area contributed by atoms with Crippen molar-refractivity contribution in [1.29, 1.82) is 0 Å². The summed E-state index contributed by atoms with van der Waals surface area (Å²) < 4.78 is 4.88. The quantitative estimate of drug-likeness (QED) is 0.743. The van der Waals surface area contributed by atoms with E-state index in [2.05, 4.69) is 9.98 Å². The molecule has 0 aliphatic carbocycles. The first-order valence-corrected chi connectivity index (χ1v) is 6.19.